The lowest BCUT2D eigenvalue weighted by Gasteiger charge is -2.24. The molecular weight excluding hydrogens is 258 g/mol. The van der Waals surface area contributed by atoms with E-state index in [1.54, 1.807) is 28.6 Å². The first-order valence-electron chi connectivity index (χ1n) is 5.05. The summed E-state index contributed by atoms with van der Waals surface area (Å²) in [6.45, 7) is 3.91. The molecular formula is C11H12ClN3OS. The maximum absolute atomic E-state index is 12.3. The van der Waals surface area contributed by atoms with Crippen molar-refractivity contribution in [3.05, 3.63) is 34.0 Å². The van der Waals surface area contributed by atoms with Gasteiger partial charge in [-0.25, -0.2) is 9.97 Å². The van der Waals surface area contributed by atoms with Crippen LogP contribution in [-0.2, 0) is 4.87 Å². The fourth-order valence-corrected chi connectivity index (χ4v) is 2.04. The van der Waals surface area contributed by atoms with Crippen LogP contribution in [0.2, 0.25) is 5.02 Å². The van der Waals surface area contributed by atoms with Gasteiger partial charge in [-0.3, -0.25) is 9.36 Å². The first kappa shape index (κ1) is 12.4. The quantitative estimate of drug-likeness (QED) is 0.840. The first-order chi connectivity index (χ1) is 7.97. The van der Waals surface area contributed by atoms with Crippen LogP contribution in [0.1, 0.15) is 13.8 Å². The third-order valence-electron chi connectivity index (χ3n) is 2.69. The van der Waals surface area contributed by atoms with E-state index in [0.29, 0.717) is 16.1 Å². The summed E-state index contributed by atoms with van der Waals surface area (Å²) in [4.78, 5) is 20.2. The van der Waals surface area contributed by atoms with Gasteiger partial charge in [-0.1, -0.05) is 11.6 Å². The molecule has 0 aliphatic carbocycles. The van der Waals surface area contributed by atoms with Gasteiger partial charge in [0.05, 0.1) is 9.89 Å². The lowest BCUT2D eigenvalue weighted by molar-refractivity contribution is 0.515. The third kappa shape index (κ3) is 2.05. The van der Waals surface area contributed by atoms with E-state index < -0.39 is 0 Å². The molecule has 2 rings (SSSR count). The Hall–Kier alpha value is -1.07. The number of aromatic nitrogens is 3. The van der Waals surface area contributed by atoms with Gasteiger partial charge in [0.2, 0.25) is 0 Å². The van der Waals surface area contributed by atoms with Gasteiger partial charge in [-0.05, 0) is 26.2 Å². The molecule has 90 valence electrons. The van der Waals surface area contributed by atoms with Crippen molar-refractivity contribution in [2.45, 2.75) is 18.7 Å². The van der Waals surface area contributed by atoms with Gasteiger partial charge in [0, 0.05) is 6.20 Å². The SMILES string of the molecule is CSC(C)(C)n1cnc2nccc(Cl)c2c1=O. The van der Waals surface area contributed by atoms with Crippen LogP contribution in [0.15, 0.2) is 23.4 Å². The third-order valence-corrected chi connectivity index (χ3v) is 4.20. The molecule has 0 N–H and O–H groups in total. The highest BCUT2D eigenvalue weighted by molar-refractivity contribution is 7.99. The summed E-state index contributed by atoms with van der Waals surface area (Å²) < 4.78 is 1.58. The van der Waals surface area contributed by atoms with Crippen molar-refractivity contribution in [2.24, 2.45) is 0 Å². The van der Waals surface area contributed by atoms with E-state index in [2.05, 4.69) is 9.97 Å². The highest BCUT2D eigenvalue weighted by Crippen LogP contribution is 2.26. The molecule has 0 aromatic carbocycles. The second kappa shape index (κ2) is 4.31. The number of hydrogen-bond donors (Lipinski definition) is 0. The lowest BCUT2D eigenvalue weighted by atomic mass is 10.3. The molecule has 17 heavy (non-hydrogen) atoms. The van der Waals surface area contributed by atoms with Crippen molar-refractivity contribution in [3.8, 4) is 0 Å². The summed E-state index contributed by atoms with van der Waals surface area (Å²) in [6.07, 6.45) is 5.01. The van der Waals surface area contributed by atoms with Crippen LogP contribution >= 0.6 is 23.4 Å². The van der Waals surface area contributed by atoms with Crippen molar-refractivity contribution in [2.75, 3.05) is 6.26 Å². The van der Waals surface area contributed by atoms with Gasteiger partial charge in [0.1, 0.15) is 11.7 Å². The fourth-order valence-electron chi connectivity index (χ4n) is 1.49. The zero-order valence-electron chi connectivity index (χ0n) is 9.77. The molecule has 0 unspecified atom stereocenters. The summed E-state index contributed by atoms with van der Waals surface area (Å²) in [5.41, 5.74) is 0.225. The highest BCUT2D eigenvalue weighted by atomic mass is 35.5. The number of fused-ring (bicyclic) bond motifs is 1. The topological polar surface area (TPSA) is 47.8 Å². The van der Waals surface area contributed by atoms with Gasteiger partial charge in [0.15, 0.2) is 5.65 Å². The second-order valence-electron chi connectivity index (χ2n) is 4.06. The summed E-state index contributed by atoms with van der Waals surface area (Å²) in [5, 5.41) is 0.762. The molecule has 0 aliphatic rings. The van der Waals surface area contributed by atoms with Crippen LogP contribution in [0.25, 0.3) is 11.0 Å². The van der Waals surface area contributed by atoms with E-state index in [1.807, 2.05) is 20.1 Å². The largest absolute Gasteiger partial charge is 0.284 e. The van der Waals surface area contributed by atoms with E-state index in [4.69, 9.17) is 11.6 Å². The standard InChI is InChI=1S/C11H12ClN3OS/c1-11(2,17-3)15-6-14-9-8(10(15)16)7(12)4-5-13-9/h4-6H,1-3H3. The van der Waals surface area contributed by atoms with Gasteiger partial charge >= 0.3 is 0 Å². The monoisotopic (exact) mass is 269 g/mol. The van der Waals surface area contributed by atoms with Gasteiger partial charge in [0.25, 0.3) is 5.56 Å². The molecule has 0 aliphatic heterocycles. The minimum absolute atomic E-state index is 0.160. The summed E-state index contributed by atoms with van der Waals surface area (Å²) in [6, 6.07) is 1.60. The molecule has 0 saturated carbocycles. The average molecular weight is 270 g/mol. The molecule has 4 nitrogen and oxygen atoms in total. The van der Waals surface area contributed by atoms with Crippen LogP contribution in [0, 0.1) is 0 Å². The fraction of sp³-hybridized carbons (Fsp3) is 0.364. The maximum Gasteiger partial charge on any atom is 0.265 e. The predicted molar refractivity (Wildman–Crippen MR) is 71.6 cm³/mol. The normalized spacial score (nSPS) is 12.0. The average Bonchev–Trinajstić information content (AvgIpc) is 2.29. The van der Waals surface area contributed by atoms with Crippen LogP contribution in [0.4, 0.5) is 0 Å². The number of rotatable bonds is 2. The highest BCUT2D eigenvalue weighted by Gasteiger charge is 2.21. The first-order valence-corrected chi connectivity index (χ1v) is 6.65. The number of nitrogens with zero attached hydrogens (tertiary/aromatic N) is 3. The van der Waals surface area contributed by atoms with Crippen LogP contribution in [-0.4, -0.2) is 20.8 Å². The summed E-state index contributed by atoms with van der Waals surface area (Å²) in [7, 11) is 0. The molecule has 0 atom stereocenters. The van der Waals surface area contributed by atoms with Crippen molar-refractivity contribution in [1.29, 1.82) is 0 Å². The Balaban J connectivity index is 2.83. The predicted octanol–water partition coefficient (Wildman–Crippen LogP) is 2.50. The van der Waals surface area contributed by atoms with Gasteiger partial charge in [-0.15, -0.1) is 11.8 Å². The van der Waals surface area contributed by atoms with Crippen LogP contribution in [0.5, 0.6) is 0 Å². The Kier molecular flexibility index (Phi) is 3.14. The Morgan fingerprint density at radius 1 is 1.41 bits per heavy atom. The number of pyridine rings is 1. The Morgan fingerprint density at radius 2 is 2.12 bits per heavy atom. The number of halogens is 1. The van der Waals surface area contributed by atoms with E-state index in [0.717, 1.165) is 0 Å². The van der Waals surface area contributed by atoms with Crippen LogP contribution < -0.4 is 5.56 Å². The minimum atomic E-state index is -0.364. The van der Waals surface area contributed by atoms with Crippen molar-refractivity contribution >= 4 is 34.4 Å². The molecule has 0 bridgehead atoms. The van der Waals surface area contributed by atoms with Crippen LogP contribution in [0.3, 0.4) is 0 Å². The molecule has 2 heterocycles. The molecule has 2 aromatic heterocycles. The second-order valence-corrected chi connectivity index (χ2v) is 5.88. The Morgan fingerprint density at radius 3 is 2.76 bits per heavy atom. The zero-order chi connectivity index (χ0) is 12.6. The van der Waals surface area contributed by atoms with E-state index >= 15 is 0 Å². The maximum atomic E-state index is 12.3. The van der Waals surface area contributed by atoms with Gasteiger partial charge in [-0.2, -0.15) is 0 Å². The Bertz CT molecular complexity index is 624. The summed E-state index contributed by atoms with van der Waals surface area (Å²) in [5.74, 6) is 0. The minimum Gasteiger partial charge on any atom is -0.284 e. The van der Waals surface area contributed by atoms with Gasteiger partial charge < -0.3 is 0 Å². The molecule has 2 aromatic rings. The van der Waals surface area contributed by atoms with Crippen molar-refractivity contribution in [1.82, 2.24) is 14.5 Å². The van der Waals surface area contributed by atoms with Crippen molar-refractivity contribution < 1.29 is 0 Å². The molecule has 0 radical (unpaired) electrons. The van der Waals surface area contributed by atoms with E-state index in [1.165, 1.54) is 6.33 Å². The Labute approximate surface area is 108 Å². The van der Waals surface area contributed by atoms with Crippen molar-refractivity contribution in [3.63, 3.8) is 0 Å². The molecule has 0 amide bonds. The molecule has 6 heteroatoms. The van der Waals surface area contributed by atoms with E-state index in [-0.39, 0.29) is 10.4 Å². The number of hydrogen-bond acceptors (Lipinski definition) is 4. The molecule has 0 spiro atoms. The van der Waals surface area contributed by atoms with E-state index in [9.17, 15) is 4.79 Å². The zero-order valence-corrected chi connectivity index (χ0v) is 11.3. The smallest absolute Gasteiger partial charge is 0.265 e. The summed E-state index contributed by atoms with van der Waals surface area (Å²) >= 11 is 7.60. The molecule has 0 saturated heterocycles. The molecule has 0 fully saturated rings. The lowest BCUT2D eigenvalue weighted by Crippen LogP contribution is -2.33. The number of thioether (sulfide) groups is 1.